The Kier molecular flexibility index (Phi) is 4.24. The molecule has 1 N–H and O–H groups in total. The second-order valence-corrected chi connectivity index (χ2v) is 6.10. The molecule has 1 fully saturated rings. The minimum absolute atomic E-state index is 0.00110. The molecule has 0 bridgehead atoms. The van der Waals surface area contributed by atoms with E-state index in [1.165, 1.54) is 11.3 Å². The summed E-state index contributed by atoms with van der Waals surface area (Å²) in [6, 6.07) is 1.66. The summed E-state index contributed by atoms with van der Waals surface area (Å²) in [5.41, 5.74) is 0. The molecule has 0 aliphatic heterocycles. The Morgan fingerprint density at radius 2 is 2.11 bits per heavy atom. The standard InChI is InChI=1S/C12H14ClF3OS/c13-9-4-5-18-11(9)10(17)7-2-1-3-8(6-7)12(14,15)16/h4-5,7-8,10,17H,1-3,6H2. The van der Waals surface area contributed by atoms with E-state index >= 15 is 0 Å². The fourth-order valence-corrected chi connectivity index (χ4v) is 3.79. The molecule has 102 valence electrons. The molecule has 0 radical (unpaired) electrons. The molecule has 1 aliphatic rings. The lowest BCUT2D eigenvalue weighted by molar-refractivity contribution is -0.188. The average molecular weight is 299 g/mol. The summed E-state index contributed by atoms with van der Waals surface area (Å²) in [4.78, 5) is 0.587. The number of thiophene rings is 1. The van der Waals surface area contributed by atoms with Crippen molar-refractivity contribution in [2.24, 2.45) is 11.8 Å². The molecule has 3 unspecified atom stereocenters. The SMILES string of the molecule is OC(c1sccc1Cl)C1CCCC(C(F)(F)F)C1. The van der Waals surface area contributed by atoms with Crippen LogP contribution < -0.4 is 0 Å². The van der Waals surface area contributed by atoms with Gasteiger partial charge in [0.1, 0.15) is 0 Å². The summed E-state index contributed by atoms with van der Waals surface area (Å²) in [6.45, 7) is 0. The van der Waals surface area contributed by atoms with Crippen LogP contribution in [0, 0.1) is 11.8 Å². The van der Waals surface area contributed by atoms with Crippen molar-refractivity contribution in [3.8, 4) is 0 Å². The van der Waals surface area contributed by atoms with Gasteiger partial charge in [-0.15, -0.1) is 11.3 Å². The predicted molar refractivity (Wildman–Crippen MR) is 65.8 cm³/mol. The van der Waals surface area contributed by atoms with E-state index < -0.39 is 18.2 Å². The molecular formula is C12H14ClF3OS. The van der Waals surface area contributed by atoms with Crippen LogP contribution in [0.3, 0.4) is 0 Å². The maximum Gasteiger partial charge on any atom is 0.391 e. The van der Waals surface area contributed by atoms with Gasteiger partial charge in [-0.3, -0.25) is 0 Å². The van der Waals surface area contributed by atoms with Crippen LogP contribution >= 0.6 is 22.9 Å². The van der Waals surface area contributed by atoms with Crippen molar-refractivity contribution in [3.63, 3.8) is 0 Å². The summed E-state index contributed by atoms with van der Waals surface area (Å²) in [6.07, 6.45) is -3.72. The highest BCUT2D eigenvalue weighted by Crippen LogP contribution is 2.45. The fraction of sp³-hybridized carbons (Fsp3) is 0.667. The minimum atomic E-state index is -4.16. The van der Waals surface area contributed by atoms with Crippen molar-refractivity contribution in [2.45, 2.75) is 38.0 Å². The summed E-state index contributed by atoms with van der Waals surface area (Å²) in [5.74, 6) is -1.63. The normalized spacial score (nSPS) is 27.2. The third-order valence-electron chi connectivity index (χ3n) is 3.54. The number of halogens is 4. The van der Waals surface area contributed by atoms with Crippen LogP contribution in [0.2, 0.25) is 5.02 Å². The maximum atomic E-state index is 12.7. The largest absolute Gasteiger partial charge is 0.391 e. The molecule has 1 aromatic heterocycles. The Hall–Kier alpha value is -0.260. The number of aliphatic hydroxyl groups is 1. The highest BCUT2D eigenvalue weighted by molar-refractivity contribution is 7.10. The Bertz CT molecular complexity index is 404. The monoisotopic (exact) mass is 298 g/mol. The van der Waals surface area contributed by atoms with Crippen molar-refractivity contribution >= 4 is 22.9 Å². The first-order chi connectivity index (χ1) is 8.39. The van der Waals surface area contributed by atoms with Gasteiger partial charge in [-0.05, 0) is 36.6 Å². The van der Waals surface area contributed by atoms with Gasteiger partial charge >= 0.3 is 6.18 Å². The molecule has 1 nitrogen and oxygen atoms in total. The van der Waals surface area contributed by atoms with Gasteiger partial charge in [0, 0.05) is 0 Å². The van der Waals surface area contributed by atoms with Gasteiger partial charge in [-0.25, -0.2) is 0 Å². The smallest absolute Gasteiger partial charge is 0.387 e. The zero-order valence-electron chi connectivity index (χ0n) is 9.58. The van der Waals surface area contributed by atoms with E-state index in [2.05, 4.69) is 0 Å². The van der Waals surface area contributed by atoms with E-state index in [0.29, 0.717) is 22.7 Å². The second kappa shape index (κ2) is 5.39. The molecular weight excluding hydrogens is 285 g/mol. The lowest BCUT2D eigenvalue weighted by Crippen LogP contribution is -2.30. The Morgan fingerprint density at radius 1 is 1.39 bits per heavy atom. The number of aliphatic hydroxyl groups excluding tert-OH is 1. The van der Waals surface area contributed by atoms with Gasteiger partial charge in [-0.1, -0.05) is 18.0 Å². The molecule has 1 aliphatic carbocycles. The van der Waals surface area contributed by atoms with Crippen molar-refractivity contribution in [1.29, 1.82) is 0 Å². The molecule has 2 rings (SSSR count). The van der Waals surface area contributed by atoms with E-state index in [4.69, 9.17) is 11.6 Å². The van der Waals surface area contributed by atoms with Crippen LogP contribution in [0.5, 0.6) is 0 Å². The van der Waals surface area contributed by atoms with Crippen LogP contribution in [-0.4, -0.2) is 11.3 Å². The Balaban J connectivity index is 2.07. The number of hydrogen-bond donors (Lipinski definition) is 1. The third-order valence-corrected chi connectivity index (χ3v) is 4.97. The molecule has 0 spiro atoms. The lowest BCUT2D eigenvalue weighted by atomic mass is 9.78. The molecule has 1 aromatic rings. The molecule has 1 saturated carbocycles. The van der Waals surface area contributed by atoms with Crippen LogP contribution in [-0.2, 0) is 0 Å². The molecule has 3 atom stereocenters. The summed E-state index contributed by atoms with van der Waals surface area (Å²) in [5, 5.41) is 12.3. The van der Waals surface area contributed by atoms with Crippen LogP contribution in [0.1, 0.15) is 36.7 Å². The zero-order valence-corrected chi connectivity index (χ0v) is 11.2. The predicted octanol–water partition coefficient (Wildman–Crippen LogP) is 4.80. The fourth-order valence-electron chi connectivity index (χ4n) is 2.54. The molecule has 1 heterocycles. The van der Waals surface area contributed by atoms with E-state index in [1.54, 1.807) is 11.4 Å². The van der Waals surface area contributed by atoms with Crippen LogP contribution in [0.25, 0.3) is 0 Å². The highest BCUT2D eigenvalue weighted by Gasteiger charge is 2.43. The Labute approximate surface area is 113 Å². The number of rotatable bonds is 2. The van der Waals surface area contributed by atoms with Gasteiger partial charge in [0.2, 0.25) is 0 Å². The first kappa shape index (κ1) is 14.2. The van der Waals surface area contributed by atoms with Crippen molar-refractivity contribution in [3.05, 3.63) is 21.3 Å². The van der Waals surface area contributed by atoms with Gasteiger partial charge in [0.15, 0.2) is 0 Å². The summed E-state index contributed by atoms with van der Waals surface area (Å²) >= 11 is 7.21. The first-order valence-corrected chi connectivity index (χ1v) is 7.13. The molecule has 0 aromatic carbocycles. The summed E-state index contributed by atoms with van der Waals surface area (Å²) in [7, 11) is 0. The van der Waals surface area contributed by atoms with Crippen molar-refractivity contribution in [2.75, 3.05) is 0 Å². The average Bonchev–Trinajstić information content (AvgIpc) is 2.73. The highest BCUT2D eigenvalue weighted by atomic mass is 35.5. The van der Waals surface area contributed by atoms with Gasteiger partial charge in [0.25, 0.3) is 0 Å². The van der Waals surface area contributed by atoms with Crippen LogP contribution in [0.4, 0.5) is 13.2 Å². The van der Waals surface area contributed by atoms with E-state index in [-0.39, 0.29) is 18.8 Å². The lowest BCUT2D eigenvalue weighted by Gasteiger charge is -2.33. The Morgan fingerprint density at radius 3 is 2.67 bits per heavy atom. The van der Waals surface area contributed by atoms with Crippen molar-refractivity contribution < 1.29 is 18.3 Å². The summed E-state index contributed by atoms with van der Waals surface area (Å²) < 4.78 is 38.1. The number of hydrogen-bond acceptors (Lipinski definition) is 2. The molecule has 6 heteroatoms. The topological polar surface area (TPSA) is 20.2 Å². The minimum Gasteiger partial charge on any atom is -0.387 e. The zero-order chi connectivity index (χ0) is 13.3. The molecule has 18 heavy (non-hydrogen) atoms. The first-order valence-electron chi connectivity index (χ1n) is 5.87. The number of alkyl halides is 3. The molecule has 0 saturated heterocycles. The van der Waals surface area contributed by atoms with E-state index in [1.807, 2.05) is 0 Å². The van der Waals surface area contributed by atoms with Gasteiger partial charge in [-0.2, -0.15) is 13.2 Å². The maximum absolute atomic E-state index is 12.7. The van der Waals surface area contributed by atoms with Gasteiger partial charge in [0.05, 0.1) is 21.9 Å². The van der Waals surface area contributed by atoms with E-state index in [0.717, 1.165) is 0 Å². The third kappa shape index (κ3) is 3.00. The van der Waals surface area contributed by atoms with E-state index in [9.17, 15) is 18.3 Å². The molecule has 0 amide bonds. The second-order valence-electron chi connectivity index (χ2n) is 4.74. The quantitative estimate of drug-likeness (QED) is 0.831. The van der Waals surface area contributed by atoms with Crippen molar-refractivity contribution in [1.82, 2.24) is 0 Å². The van der Waals surface area contributed by atoms with Gasteiger partial charge < -0.3 is 5.11 Å². The van der Waals surface area contributed by atoms with Crippen LogP contribution in [0.15, 0.2) is 11.4 Å².